The van der Waals surface area contributed by atoms with Crippen molar-refractivity contribution in [3.8, 4) is 11.5 Å². The molecule has 0 aliphatic rings. The molecule has 136 valence electrons. The molecule has 1 atom stereocenters. The molecule has 5 nitrogen and oxygen atoms in total. The van der Waals surface area contributed by atoms with E-state index in [9.17, 15) is 4.79 Å². The average Bonchev–Trinajstić information content (AvgIpc) is 2.97. The Morgan fingerprint density at radius 2 is 1.68 bits per heavy atom. The van der Waals surface area contributed by atoms with E-state index in [1.54, 1.807) is 0 Å². The van der Waals surface area contributed by atoms with Crippen LogP contribution in [-0.4, -0.2) is 38.3 Å². The number of amides is 1. The van der Waals surface area contributed by atoms with Gasteiger partial charge in [0.15, 0.2) is 0 Å². The highest BCUT2D eigenvalue weighted by atomic mass is 32.2. The zero-order valence-corrected chi connectivity index (χ0v) is 16.8. The average molecular weight is 362 g/mol. The Morgan fingerprint density at radius 1 is 1.04 bits per heavy atom. The van der Waals surface area contributed by atoms with Crippen molar-refractivity contribution >= 4 is 17.7 Å². The Hall–Kier alpha value is -1.82. The van der Waals surface area contributed by atoms with E-state index in [1.807, 2.05) is 57.7 Å². The van der Waals surface area contributed by atoms with Crippen LogP contribution in [0.25, 0.3) is 11.5 Å². The van der Waals surface area contributed by atoms with Crippen LogP contribution in [0.3, 0.4) is 0 Å². The molecule has 0 fully saturated rings. The van der Waals surface area contributed by atoms with Crippen molar-refractivity contribution < 1.29 is 9.21 Å². The van der Waals surface area contributed by atoms with Gasteiger partial charge in [0.2, 0.25) is 11.8 Å². The van der Waals surface area contributed by atoms with Crippen molar-refractivity contribution in [2.45, 2.75) is 71.0 Å². The lowest BCUT2D eigenvalue weighted by Crippen LogP contribution is -2.45. The summed E-state index contributed by atoms with van der Waals surface area (Å²) in [7, 11) is 0. The Bertz CT molecular complexity index is 732. The number of hydrogen-bond donors (Lipinski definition) is 0. The number of nitrogens with zero attached hydrogens (tertiary/aromatic N) is 3. The van der Waals surface area contributed by atoms with Gasteiger partial charge in [-0.1, -0.05) is 17.8 Å². The van der Waals surface area contributed by atoms with E-state index in [4.69, 9.17) is 4.42 Å². The molecule has 1 aromatic carbocycles. The van der Waals surface area contributed by atoms with Gasteiger partial charge in [0, 0.05) is 17.6 Å². The van der Waals surface area contributed by atoms with Crippen LogP contribution in [0.1, 0.15) is 45.7 Å². The summed E-state index contributed by atoms with van der Waals surface area (Å²) in [5.74, 6) is 0.566. The van der Waals surface area contributed by atoms with Gasteiger partial charge in [-0.05, 0) is 71.7 Å². The monoisotopic (exact) mass is 361 g/mol. The van der Waals surface area contributed by atoms with Gasteiger partial charge < -0.3 is 9.32 Å². The van der Waals surface area contributed by atoms with Gasteiger partial charge in [-0.15, -0.1) is 10.2 Å². The number of benzene rings is 1. The molecule has 0 N–H and O–H groups in total. The molecule has 1 amide bonds. The van der Waals surface area contributed by atoms with Gasteiger partial charge in [0.05, 0.1) is 5.25 Å². The normalized spacial score (nSPS) is 12.7. The van der Waals surface area contributed by atoms with Crippen LogP contribution in [0.4, 0.5) is 0 Å². The lowest BCUT2D eigenvalue weighted by atomic mass is 10.1. The van der Waals surface area contributed by atoms with Crippen LogP contribution in [0.15, 0.2) is 27.8 Å². The van der Waals surface area contributed by atoms with E-state index < -0.39 is 0 Å². The number of carbonyl (C=O) groups is 1. The van der Waals surface area contributed by atoms with Crippen molar-refractivity contribution in [3.63, 3.8) is 0 Å². The van der Waals surface area contributed by atoms with Crippen molar-refractivity contribution in [1.29, 1.82) is 0 Å². The first-order chi connectivity index (χ1) is 11.7. The molecule has 1 heterocycles. The summed E-state index contributed by atoms with van der Waals surface area (Å²) in [5.41, 5.74) is 3.30. The van der Waals surface area contributed by atoms with E-state index in [1.165, 1.54) is 22.9 Å². The lowest BCUT2D eigenvalue weighted by molar-refractivity contribution is -0.133. The maximum absolute atomic E-state index is 12.7. The molecule has 2 rings (SSSR count). The molecule has 0 saturated heterocycles. The molecule has 0 unspecified atom stereocenters. The Kier molecular flexibility index (Phi) is 6.27. The third-order valence-electron chi connectivity index (χ3n) is 4.15. The topological polar surface area (TPSA) is 59.2 Å². The molecule has 0 spiro atoms. The first-order valence-corrected chi connectivity index (χ1v) is 9.48. The maximum atomic E-state index is 12.7. The molecule has 2 aromatic rings. The molecular formula is C19H27N3O2S. The van der Waals surface area contributed by atoms with Crippen LogP contribution >= 0.6 is 11.8 Å². The minimum atomic E-state index is -0.280. The summed E-state index contributed by atoms with van der Waals surface area (Å²) in [6, 6.07) is 6.36. The van der Waals surface area contributed by atoms with Crippen molar-refractivity contribution in [2.75, 3.05) is 0 Å². The van der Waals surface area contributed by atoms with Crippen LogP contribution in [0, 0.1) is 13.8 Å². The Morgan fingerprint density at radius 3 is 2.24 bits per heavy atom. The maximum Gasteiger partial charge on any atom is 0.277 e. The number of rotatable bonds is 6. The molecular weight excluding hydrogens is 334 g/mol. The minimum Gasteiger partial charge on any atom is -0.411 e. The summed E-state index contributed by atoms with van der Waals surface area (Å²) in [6.07, 6.45) is 0. The third kappa shape index (κ3) is 4.63. The van der Waals surface area contributed by atoms with Gasteiger partial charge >= 0.3 is 0 Å². The van der Waals surface area contributed by atoms with Crippen LogP contribution in [-0.2, 0) is 4.79 Å². The molecule has 0 aliphatic heterocycles. The van der Waals surface area contributed by atoms with E-state index in [-0.39, 0.29) is 23.2 Å². The number of aryl methyl sites for hydroxylation is 2. The molecule has 1 aromatic heterocycles. The van der Waals surface area contributed by atoms with Crippen LogP contribution < -0.4 is 0 Å². The van der Waals surface area contributed by atoms with Crippen molar-refractivity contribution in [1.82, 2.24) is 15.1 Å². The van der Waals surface area contributed by atoms with E-state index in [0.29, 0.717) is 11.1 Å². The predicted molar refractivity (Wildman–Crippen MR) is 102 cm³/mol. The van der Waals surface area contributed by atoms with Gasteiger partial charge in [-0.25, -0.2) is 0 Å². The largest absolute Gasteiger partial charge is 0.411 e. The highest BCUT2D eigenvalue weighted by molar-refractivity contribution is 8.00. The number of hydrogen-bond acceptors (Lipinski definition) is 5. The smallest absolute Gasteiger partial charge is 0.277 e. The van der Waals surface area contributed by atoms with Gasteiger partial charge in [0.1, 0.15) is 0 Å². The molecule has 25 heavy (non-hydrogen) atoms. The number of aromatic nitrogens is 2. The summed E-state index contributed by atoms with van der Waals surface area (Å²) in [4.78, 5) is 14.6. The molecule has 0 aliphatic carbocycles. The summed E-state index contributed by atoms with van der Waals surface area (Å²) in [6.45, 7) is 14.1. The van der Waals surface area contributed by atoms with E-state index >= 15 is 0 Å². The molecule has 0 radical (unpaired) electrons. The van der Waals surface area contributed by atoms with E-state index in [0.717, 1.165) is 5.56 Å². The van der Waals surface area contributed by atoms with Gasteiger partial charge in [-0.2, -0.15) is 0 Å². The molecule has 6 heteroatoms. The zero-order chi connectivity index (χ0) is 18.7. The van der Waals surface area contributed by atoms with Crippen LogP contribution in [0.2, 0.25) is 0 Å². The van der Waals surface area contributed by atoms with Gasteiger partial charge in [0.25, 0.3) is 5.22 Å². The van der Waals surface area contributed by atoms with Crippen molar-refractivity contribution in [3.05, 3.63) is 29.3 Å². The van der Waals surface area contributed by atoms with Crippen molar-refractivity contribution in [2.24, 2.45) is 0 Å². The second kappa shape index (κ2) is 8.04. The summed E-state index contributed by atoms with van der Waals surface area (Å²) in [5, 5.41) is 8.35. The summed E-state index contributed by atoms with van der Waals surface area (Å²) < 4.78 is 5.76. The summed E-state index contributed by atoms with van der Waals surface area (Å²) >= 11 is 1.31. The highest BCUT2D eigenvalue weighted by Gasteiger charge is 2.27. The second-order valence-electron chi connectivity index (χ2n) is 6.87. The number of thioether (sulfide) groups is 1. The first-order valence-electron chi connectivity index (χ1n) is 8.60. The van der Waals surface area contributed by atoms with E-state index in [2.05, 4.69) is 24.0 Å². The predicted octanol–water partition coefficient (Wildman–Crippen LogP) is 4.48. The zero-order valence-electron chi connectivity index (χ0n) is 16.0. The minimum absolute atomic E-state index is 0.0842. The lowest BCUT2D eigenvalue weighted by Gasteiger charge is -2.32. The standard InChI is InChI=1S/C19H27N3O2S/c1-11(2)22(12(3)4)18(23)15(7)25-19-21-20-17(24-19)16-9-8-13(5)14(6)10-16/h8-12,15H,1-7H3/t15-/m0/s1. The second-order valence-corrected chi connectivity index (χ2v) is 8.16. The number of carbonyl (C=O) groups excluding carboxylic acids is 1. The van der Waals surface area contributed by atoms with Crippen LogP contribution in [0.5, 0.6) is 0 Å². The quantitative estimate of drug-likeness (QED) is 0.710. The highest BCUT2D eigenvalue weighted by Crippen LogP contribution is 2.28. The third-order valence-corrected chi connectivity index (χ3v) is 5.07. The first kappa shape index (κ1) is 19.5. The Labute approximate surface area is 154 Å². The fourth-order valence-corrected chi connectivity index (χ4v) is 3.51. The SMILES string of the molecule is Cc1ccc(-c2nnc(S[C@@H](C)C(=O)N(C(C)C)C(C)C)o2)cc1C. The molecule has 0 bridgehead atoms. The Balaban J connectivity index is 2.12. The fourth-order valence-electron chi connectivity index (χ4n) is 2.77. The molecule has 0 saturated carbocycles. The van der Waals surface area contributed by atoms with Gasteiger partial charge in [-0.3, -0.25) is 4.79 Å². The fraction of sp³-hybridized carbons (Fsp3) is 0.526.